The van der Waals surface area contributed by atoms with Crippen LogP contribution in [0.25, 0.3) is 0 Å². The molecule has 6 heteroatoms. The van der Waals surface area contributed by atoms with E-state index in [-0.39, 0.29) is 11.8 Å². The molecule has 1 aromatic carbocycles. The lowest BCUT2D eigenvalue weighted by molar-refractivity contribution is -0.117. The molecule has 0 atom stereocenters. The van der Waals surface area contributed by atoms with Gasteiger partial charge in [0.25, 0.3) is 5.91 Å². The minimum atomic E-state index is -0.175. The second-order valence-electron chi connectivity index (χ2n) is 5.57. The molecule has 2 amide bonds. The highest BCUT2D eigenvalue weighted by atomic mass is 32.1. The molecule has 5 nitrogen and oxygen atoms in total. The number of rotatable bonds is 4. The minimum Gasteiger partial charge on any atom is -0.321 e. The summed E-state index contributed by atoms with van der Waals surface area (Å²) in [5.74, 6) is -0.0903. The Labute approximate surface area is 139 Å². The van der Waals surface area contributed by atoms with Gasteiger partial charge >= 0.3 is 0 Å². The zero-order valence-corrected chi connectivity index (χ0v) is 14.1. The maximum absolute atomic E-state index is 12.5. The highest BCUT2D eigenvalue weighted by Gasteiger charge is 2.26. The number of aryl methyl sites for hydroxylation is 2. The Hall–Kier alpha value is -2.21. The summed E-state index contributed by atoms with van der Waals surface area (Å²) >= 11 is 1.28. The smallest absolute Gasteiger partial charge is 0.267 e. The minimum absolute atomic E-state index is 0.0846. The molecule has 2 aromatic rings. The number of anilines is 2. The van der Waals surface area contributed by atoms with Crippen molar-refractivity contribution in [2.24, 2.45) is 0 Å². The van der Waals surface area contributed by atoms with Crippen LogP contribution in [0.15, 0.2) is 24.3 Å². The first-order valence-corrected chi connectivity index (χ1v) is 8.58. The fraction of sp³-hybridized carbons (Fsp3) is 0.353. The maximum Gasteiger partial charge on any atom is 0.267 e. The van der Waals surface area contributed by atoms with Gasteiger partial charge in [-0.2, -0.15) is 0 Å². The van der Waals surface area contributed by atoms with E-state index in [0.29, 0.717) is 28.7 Å². The van der Waals surface area contributed by atoms with Gasteiger partial charge in [0.15, 0.2) is 5.13 Å². The second-order valence-corrected chi connectivity index (χ2v) is 6.55. The molecule has 0 bridgehead atoms. The van der Waals surface area contributed by atoms with E-state index >= 15 is 0 Å². The largest absolute Gasteiger partial charge is 0.321 e. The zero-order valence-electron chi connectivity index (χ0n) is 13.3. The number of aromatic nitrogens is 1. The van der Waals surface area contributed by atoms with E-state index < -0.39 is 0 Å². The Kier molecular flexibility index (Phi) is 4.43. The molecular weight excluding hydrogens is 310 g/mol. The van der Waals surface area contributed by atoms with Gasteiger partial charge in [-0.1, -0.05) is 30.4 Å². The normalized spacial score (nSPS) is 14.3. The predicted molar refractivity (Wildman–Crippen MR) is 92.2 cm³/mol. The van der Waals surface area contributed by atoms with Crippen LogP contribution >= 0.6 is 11.3 Å². The molecule has 1 N–H and O–H groups in total. The van der Waals surface area contributed by atoms with E-state index in [4.69, 9.17) is 0 Å². The molecule has 0 unspecified atom stereocenters. The van der Waals surface area contributed by atoms with Gasteiger partial charge < -0.3 is 5.32 Å². The first-order chi connectivity index (χ1) is 11.1. The molecule has 0 aliphatic carbocycles. The van der Waals surface area contributed by atoms with E-state index in [1.54, 1.807) is 11.8 Å². The van der Waals surface area contributed by atoms with Crippen LogP contribution in [0.2, 0.25) is 0 Å². The molecule has 1 fully saturated rings. The summed E-state index contributed by atoms with van der Waals surface area (Å²) in [6.45, 7) is 4.57. The third-order valence-corrected chi connectivity index (χ3v) is 5.07. The van der Waals surface area contributed by atoms with Crippen LogP contribution in [-0.4, -0.2) is 23.3 Å². The number of benzene rings is 1. The summed E-state index contributed by atoms with van der Waals surface area (Å²) < 4.78 is 0. The molecule has 0 spiro atoms. The van der Waals surface area contributed by atoms with Crippen LogP contribution in [0.4, 0.5) is 10.8 Å². The average molecular weight is 329 g/mol. The quantitative estimate of drug-likeness (QED) is 0.935. The SMILES string of the molecule is CCc1cccc(NC(=O)c2sc(N3CCCC3=O)nc2C)c1. The van der Waals surface area contributed by atoms with Crippen molar-refractivity contribution in [2.75, 3.05) is 16.8 Å². The molecule has 1 aliphatic rings. The summed E-state index contributed by atoms with van der Waals surface area (Å²) in [5, 5.41) is 3.54. The van der Waals surface area contributed by atoms with E-state index in [1.165, 1.54) is 16.9 Å². The van der Waals surface area contributed by atoms with Gasteiger partial charge in [-0.05, 0) is 37.5 Å². The van der Waals surface area contributed by atoms with Gasteiger partial charge in [-0.3, -0.25) is 14.5 Å². The van der Waals surface area contributed by atoms with Gasteiger partial charge in [0.05, 0.1) is 5.69 Å². The molecule has 1 aromatic heterocycles. The molecule has 0 radical (unpaired) electrons. The van der Waals surface area contributed by atoms with Crippen molar-refractivity contribution in [2.45, 2.75) is 33.1 Å². The third-order valence-electron chi connectivity index (χ3n) is 3.89. The first-order valence-electron chi connectivity index (χ1n) is 7.76. The Morgan fingerprint density at radius 3 is 2.96 bits per heavy atom. The summed E-state index contributed by atoms with van der Waals surface area (Å²) in [6.07, 6.45) is 2.33. The first kappa shape index (κ1) is 15.7. The number of nitrogens with one attached hydrogen (secondary N) is 1. The number of carbonyl (C=O) groups excluding carboxylic acids is 2. The molecule has 1 aliphatic heterocycles. The molecule has 1 saturated heterocycles. The maximum atomic E-state index is 12.5. The van der Waals surface area contributed by atoms with E-state index in [1.807, 2.05) is 24.3 Å². The fourth-order valence-corrected chi connectivity index (χ4v) is 3.62. The number of amides is 2. The number of thiazole rings is 1. The molecular formula is C17H19N3O2S. The highest BCUT2D eigenvalue weighted by molar-refractivity contribution is 7.18. The van der Waals surface area contributed by atoms with Crippen LogP contribution < -0.4 is 10.2 Å². The van der Waals surface area contributed by atoms with Crippen molar-refractivity contribution in [1.82, 2.24) is 4.98 Å². The summed E-state index contributed by atoms with van der Waals surface area (Å²) in [6, 6.07) is 7.81. The molecule has 0 saturated carbocycles. The topological polar surface area (TPSA) is 62.3 Å². The Balaban J connectivity index is 1.79. The van der Waals surface area contributed by atoms with Gasteiger partial charge in [-0.15, -0.1) is 0 Å². The van der Waals surface area contributed by atoms with Crippen LogP contribution in [0.1, 0.15) is 40.7 Å². The van der Waals surface area contributed by atoms with Crippen molar-refractivity contribution in [3.63, 3.8) is 0 Å². The Morgan fingerprint density at radius 1 is 1.43 bits per heavy atom. The predicted octanol–water partition coefficient (Wildman–Crippen LogP) is 3.39. The van der Waals surface area contributed by atoms with E-state index in [9.17, 15) is 9.59 Å². The zero-order chi connectivity index (χ0) is 16.4. The van der Waals surface area contributed by atoms with E-state index in [2.05, 4.69) is 17.2 Å². The van der Waals surface area contributed by atoms with Crippen LogP contribution in [0.5, 0.6) is 0 Å². The Bertz CT molecular complexity index is 754. The Morgan fingerprint density at radius 2 is 2.26 bits per heavy atom. The monoisotopic (exact) mass is 329 g/mol. The molecule has 23 heavy (non-hydrogen) atoms. The number of nitrogens with zero attached hydrogens (tertiary/aromatic N) is 2. The van der Waals surface area contributed by atoms with Crippen molar-refractivity contribution in [1.29, 1.82) is 0 Å². The number of hydrogen-bond acceptors (Lipinski definition) is 4. The van der Waals surface area contributed by atoms with Crippen LogP contribution in [0, 0.1) is 6.92 Å². The van der Waals surface area contributed by atoms with Gasteiger partial charge in [-0.25, -0.2) is 4.98 Å². The van der Waals surface area contributed by atoms with Crippen LogP contribution in [-0.2, 0) is 11.2 Å². The molecule has 3 rings (SSSR count). The van der Waals surface area contributed by atoms with Crippen molar-refractivity contribution in [3.8, 4) is 0 Å². The number of hydrogen-bond donors (Lipinski definition) is 1. The van der Waals surface area contributed by atoms with Crippen molar-refractivity contribution < 1.29 is 9.59 Å². The number of carbonyl (C=O) groups is 2. The summed E-state index contributed by atoms with van der Waals surface area (Å²) in [5.41, 5.74) is 2.61. The lowest BCUT2D eigenvalue weighted by atomic mass is 10.1. The van der Waals surface area contributed by atoms with Crippen molar-refractivity contribution in [3.05, 3.63) is 40.4 Å². The standard InChI is InChI=1S/C17H19N3O2S/c1-3-12-6-4-7-13(10-12)19-16(22)15-11(2)18-17(23-15)20-9-5-8-14(20)21/h4,6-7,10H,3,5,8-9H2,1-2H3,(H,19,22). The van der Waals surface area contributed by atoms with Gasteiger partial charge in [0.1, 0.15) is 4.88 Å². The highest BCUT2D eigenvalue weighted by Crippen LogP contribution is 2.29. The van der Waals surface area contributed by atoms with E-state index in [0.717, 1.165) is 18.5 Å². The molecule has 120 valence electrons. The lowest BCUT2D eigenvalue weighted by Crippen LogP contribution is -2.23. The summed E-state index contributed by atoms with van der Waals surface area (Å²) in [4.78, 5) is 31.0. The molecule has 2 heterocycles. The third kappa shape index (κ3) is 3.27. The second kappa shape index (κ2) is 6.50. The van der Waals surface area contributed by atoms with Crippen molar-refractivity contribution >= 4 is 34.0 Å². The fourth-order valence-electron chi connectivity index (χ4n) is 2.62. The van der Waals surface area contributed by atoms with Crippen LogP contribution in [0.3, 0.4) is 0 Å². The summed E-state index contributed by atoms with van der Waals surface area (Å²) in [7, 11) is 0. The van der Waals surface area contributed by atoms with Gasteiger partial charge in [0.2, 0.25) is 5.91 Å². The average Bonchev–Trinajstić information content (AvgIpc) is 3.13. The lowest BCUT2D eigenvalue weighted by Gasteiger charge is -2.10. The van der Waals surface area contributed by atoms with Gasteiger partial charge in [0, 0.05) is 18.7 Å².